The molecule has 3 rings (SSSR count). The normalized spacial score (nSPS) is 26.4. The molecule has 1 spiro atoms. The quantitative estimate of drug-likeness (QED) is 0.773. The Balaban J connectivity index is 1.94. The first kappa shape index (κ1) is 11.3. The molecule has 2 aliphatic heterocycles. The summed E-state index contributed by atoms with van der Waals surface area (Å²) < 4.78 is 11.6. The van der Waals surface area contributed by atoms with Gasteiger partial charge in [0.15, 0.2) is 0 Å². The van der Waals surface area contributed by atoms with Gasteiger partial charge in [0.05, 0.1) is 13.2 Å². The van der Waals surface area contributed by atoms with Crippen molar-refractivity contribution in [2.75, 3.05) is 13.2 Å². The summed E-state index contributed by atoms with van der Waals surface area (Å²) >= 11 is 5.99. The standard InChI is InChI=1S/C13H16ClNO2/c14-9-1-2-12-10(7-9)11(15)8-13(17-12)3-5-16-6-4-13/h1-2,7,11H,3-6,8,15H2. The summed E-state index contributed by atoms with van der Waals surface area (Å²) in [4.78, 5) is 0. The van der Waals surface area contributed by atoms with Crippen molar-refractivity contribution in [3.8, 4) is 5.75 Å². The van der Waals surface area contributed by atoms with Crippen LogP contribution in [0.4, 0.5) is 0 Å². The van der Waals surface area contributed by atoms with Gasteiger partial charge in [-0.15, -0.1) is 0 Å². The molecule has 0 radical (unpaired) electrons. The van der Waals surface area contributed by atoms with Crippen LogP contribution in [0.15, 0.2) is 18.2 Å². The van der Waals surface area contributed by atoms with Crippen molar-refractivity contribution >= 4 is 11.6 Å². The average molecular weight is 254 g/mol. The molecule has 17 heavy (non-hydrogen) atoms. The number of hydrogen-bond acceptors (Lipinski definition) is 3. The van der Waals surface area contributed by atoms with Gasteiger partial charge in [0.1, 0.15) is 11.4 Å². The first-order valence-corrected chi connectivity index (χ1v) is 6.38. The average Bonchev–Trinajstić information content (AvgIpc) is 2.31. The molecular weight excluding hydrogens is 238 g/mol. The molecule has 0 bridgehead atoms. The summed E-state index contributed by atoms with van der Waals surface area (Å²) in [6, 6.07) is 5.70. The Labute approximate surface area is 106 Å². The molecule has 1 aromatic rings. The van der Waals surface area contributed by atoms with Crippen molar-refractivity contribution in [1.82, 2.24) is 0 Å². The van der Waals surface area contributed by atoms with E-state index < -0.39 is 0 Å². The van der Waals surface area contributed by atoms with Crippen LogP contribution in [0.3, 0.4) is 0 Å². The van der Waals surface area contributed by atoms with Gasteiger partial charge in [-0.25, -0.2) is 0 Å². The number of halogens is 1. The third kappa shape index (κ3) is 2.03. The van der Waals surface area contributed by atoms with Gasteiger partial charge >= 0.3 is 0 Å². The number of benzene rings is 1. The molecule has 4 heteroatoms. The lowest BCUT2D eigenvalue weighted by Crippen LogP contribution is -2.47. The van der Waals surface area contributed by atoms with Crippen LogP contribution in [0, 0.1) is 0 Å². The zero-order chi connectivity index (χ0) is 11.9. The minimum Gasteiger partial charge on any atom is -0.487 e. The first-order valence-electron chi connectivity index (χ1n) is 6.00. The third-order valence-electron chi connectivity index (χ3n) is 3.69. The maximum absolute atomic E-state index is 6.24. The van der Waals surface area contributed by atoms with E-state index >= 15 is 0 Å². The third-order valence-corrected chi connectivity index (χ3v) is 3.93. The van der Waals surface area contributed by atoms with Crippen molar-refractivity contribution in [2.45, 2.75) is 30.9 Å². The second kappa shape index (κ2) is 4.16. The lowest BCUT2D eigenvalue weighted by molar-refractivity contribution is -0.0620. The topological polar surface area (TPSA) is 44.5 Å². The van der Waals surface area contributed by atoms with Crippen molar-refractivity contribution in [3.05, 3.63) is 28.8 Å². The fourth-order valence-corrected chi connectivity index (χ4v) is 2.92. The molecule has 2 aliphatic rings. The highest BCUT2D eigenvalue weighted by molar-refractivity contribution is 6.30. The minimum absolute atomic E-state index is 0.00977. The van der Waals surface area contributed by atoms with Crippen LogP contribution < -0.4 is 10.5 Å². The van der Waals surface area contributed by atoms with Crippen LogP contribution in [0.5, 0.6) is 5.75 Å². The van der Waals surface area contributed by atoms with E-state index in [-0.39, 0.29) is 11.6 Å². The maximum atomic E-state index is 6.24. The van der Waals surface area contributed by atoms with Gasteiger partial charge < -0.3 is 15.2 Å². The van der Waals surface area contributed by atoms with Gasteiger partial charge in [-0.3, -0.25) is 0 Å². The molecule has 92 valence electrons. The van der Waals surface area contributed by atoms with E-state index in [9.17, 15) is 0 Å². The van der Waals surface area contributed by atoms with Gasteiger partial charge in [0, 0.05) is 35.9 Å². The van der Waals surface area contributed by atoms with Crippen LogP contribution in [-0.4, -0.2) is 18.8 Å². The lowest BCUT2D eigenvalue weighted by Gasteiger charge is -2.43. The molecule has 0 saturated carbocycles. The molecule has 1 saturated heterocycles. The molecule has 1 fully saturated rings. The molecular formula is C13H16ClNO2. The molecule has 0 aromatic heterocycles. The highest BCUT2D eigenvalue weighted by atomic mass is 35.5. The summed E-state index contributed by atoms with van der Waals surface area (Å²) in [6.07, 6.45) is 2.69. The Kier molecular flexibility index (Phi) is 2.77. The lowest BCUT2D eigenvalue weighted by atomic mass is 9.82. The van der Waals surface area contributed by atoms with Crippen LogP contribution in [0.2, 0.25) is 5.02 Å². The van der Waals surface area contributed by atoms with E-state index in [1.165, 1.54) is 0 Å². The van der Waals surface area contributed by atoms with Gasteiger partial charge in [-0.1, -0.05) is 11.6 Å². The van der Waals surface area contributed by atoms with Gasteiger partial charge in [-0.2, -0.15) is 0 Å². The Morgan fingerprint density at radius 2 is 2.06 bits per heavy atom. The van der Waals surface area contributed by atoms with Crippen molar-refractivity contribution in [3.63, 3.8) is 0 Å². The SMILES string of the molecule is NC1CC2(CCOCC2)Oc2ccc(Cl)cc21. The number of ether oxygens (including phenoxy) is 2. The van der Waals surface area contributed by atoms with Gasteiger partial charge in [0.2, 0.25) is 0 Å². The van der Waals surface area contributed by atoms with E-state index in [1.54, 1.807) is 0 Å². The summed E-state index contributed by atoms with van der Waals surface area (Å²) in [6.45, 7) is 1.52. The summed E-state index contributed by atoms with van der Waals surface area (Å²) in [5.74, 6) is 0.884. The highest BCUT2D eigenvalue weighted by Crippen LogP contribution is 2.43. The van der Waals surface area contributed by atoms with E-state index in [0.717, 1.165) is 43.8 Å². The fraction of sp³-hybridized carbons (Fsp3) is 0.538. The van der Waals surface area contributed by atoms with Crippen LogP contribution in [0.25, 0.3) is 0 Å². The maximum Gasteiger partial charge on any atom is 0.125 e. The number of fused-ring (bicyclic) bond motifs is 1. The predicted molar refractivity (Wildman–Crippen MR) is 66.4 cm³/mol. The molecule has 1 unspecified atom stereocenters. The predicted octanol–water partition coefficient (Wildman–Crippen LogP) is 2.67. The van der Waals surface area contributed by atoms with E-state index in [1.807, 2.05) is 18.2 Å². The van der Waals surface area contributed by atoms with E-state index in [0.29, 0.717) is 5.02 Å². The molecule has 1 aromatic carbocycles. The minimum atomic E-state index is -0.126. The van der Waals surface area contributed by atoms with Crippen molar-refractivity contribution in [1.29, 1.82) is 0 Å². The van der Waals surface area contributed by atoms with Gasteiger partial charge in [0.25, 0.3) is 0 Å². The van der Waals surface area contributed by atoms with Crippen molar-refractivity contribution in [2.24, 2.45) is 5.73 Å². The molecule has 0 amide bonds. The van der Waals surface area contributed by atoms with Gasteiger partial charge in [-0.05, 0) is 18.2 Å². The molecule has 1 atom stereocenters. The first-order chi connectivity index (χ1) is 8.19. The number of rotatable bonds is 0. The van der Waals surface area contributed by atoms with Crippen LogP contribution in [0.1, 0.15) is 30.9 Å². The molecule has 0 aliphatic carbocycles. The Morgan fingerprint density at radius 3 is 2.82 bits per heavy atom. The largest absolute Gasteiger partial charge is 0.487 e. The Bertz CT molecular complexity index is 429. The second-order valence-corrected chi connectivity index (χ2v) is 5.33. The van der Waals surface area contributed by atoms with E-state index in [2.05, 4.69) is 0 Å². The smallest absolute Gasteiger partial charge is 0.125 e. The van der Waals surface area contributed by atoms with Crippen molar-refractivity contribution < 1.29 is 9.47 Å². The molecule has 2 N–H and O–H groups in total. The zero-order valence-corrected chi connectivity index (χ0v) is 10.4. The monoisotopic (exact) mass is 253 g/mol. The molecule has 2 heterocycles. The Hall–Kier alpha value is -0.770. The Morgan fingerprint density at radius 1 is 1.29 bits per heavy atom. The second-order valence-electron chi connectivity index (χ2n) is 4.89. The molecule has 3 nitrogen and oxygen atoms in total. The zero-order valence-electron chi connectivity index (χ0n) is 9.62. The number of nitrogens with two attached hydrogens (primary N) is 1. The summed E-state index contributed by atoms with van der Waals surface area (Å²) in [7, 11) is 0. The van der Waals surface area contributed by atoms with Crippen LogP contribution in [-0.2, 0) is 4.74 Å². The van der Waals surface area contributed by atoms with E-state index in [4.69, 9.17) is 26.8 Å². The van der Waals surface area contributed by atoms with Crippen LogP contribution >= 0.6 is 11.6 Å². The highest BCUT2D eigenvalue weighted by Gasteiger charge is 2.41. The summed E-state index contributed by atoms with van der Waals surface area (Å²) in [5, 5.41) is 0.714. The summed E-state index contributed by atoms with van der Waals surface area (Å²) in [5.41, 5.74) is 7.14. The fourth-order valence-electron chi connectivity index (χ4n) is 2.74. The number of hydrogen-bond donors (Lipinski definition) is 1.